The summed E-state index contributed by atoms with van der Waals surface area (Å²) in [6.45, 7) is 0. The second-order valence-electron chi connectivity index (χ2n) is 3.96. The predicted molar refractivity (Wildman–Crippen MR) is 85.1 cm³/mol. The normalized spacial score (nSPS) is 11.6. The SMILES string of the molecule is COC(=O)C(CCSC)NC(=O)Nc1ccc(Br)cc1. The van der Waals surface area contributed by atoms with E-state index in [-0.39, 0.29) is 0 Å². The average molecular weight is 361 g/mol. The topological polar surface area (TPSA) is 67.4 Å². The van der Waals surface area contributed by atoms with Crippen LogP contribution in [0.4, 0.5) is 10.5 Å². The highest BCUT2D eigenvalue weighted by Crippen LogP contribution is 2.14. The molecule has 7 heteroatoms. The Balaban J connectivity index is 2.56. The lowest BCUT2D eigenvalue weighted by atomic mass is 10.2. The molecule has 0 aliphatic rings. The van der Waals surface area contributed by atoms with Gasteiger partial charge in [-0.25, -0.2) is 9.59 Å². The number of nitrogens with one attached hydrogen (secondary N) is 2. The number of carbonyl (C=O) groups is 2. The first-order valence-corrected chi connectivity index (χ1v) is 8.15. The molecule has 0 saturated carbocycles. The van der Waals surface area contributed by atoms with Crippen molar-refractivity contribution in [1.82, 2.24) is 5.32 Å². The molecule has 2 N–H and O–H groups in total. The van der Waals surface area contributed by atoms with Crippen LogP contribution in [0.5, 0.6) is 0 Å². The summed E-state index contributed by atoms with van der Waals surface area (Å²) in [5.74, 6) is 0.322. The van der Waals surface area contributed by atoms with E-state index in [4.69, 9.17) is 0 Å². The van der Waals surface area contributed by atoms with Gasteiger partial charge in [0.25, 0.3) is 0 Å². The summed E-state index contributed by atoms with van der Waals surface area (Å²) < 4.78 is 5.61. The van der Waals surface area contributed by atoms with Gasteiger partial charge in [0.2, 0.25) is 0 Å². The van der Waals surface area contributed by atoms with Gasteiger partial charge in [-0.1, -0.05) is 15.9 Å². The highest BCUT2D eigenvalue weighted by molar-refractivity contribution is 9.10. The lowest BCUT2D eigenvalue weighted by molar-refractivity contribution is -0.142. The maximum absolute atomic E-state index is 11.8. The molecule has 0 aliphatic heterocycles. The van der Waals surface area contributed by atoms with Crippen molar-refractivity contribution >= 4 is 45.4 Å². The molecule has 1 aromatic rings. The Morgan fingerprint density at radius 2 is 2.00 bits per heavy atom. The quantitative estimate of drug-likeness (QED) is 0.765. The largest absolute Gasteiger partial charge is 0.467 e. The molecule has 0 bridgehead atoms. The first-order valence-electron chi connectivity index (χ1n) is 5.96. The molecule has 1 aromatic carbocycles. The lowest BCUT2D eigenvalue weighted by Crippen LogP contribution is -2.44. The van der Waals surface area contributed by atoms with Crippen LogP contribution in [-0.2, 0) is 9.53 Å². The molecule has 0 radical (unpaired) electrons. The van der Waals surface area contributed by atoms with Crippen molar-refractivity contribution in [1.29, 1.82) is 0 Å². The zero-order chi connectivity index (χ0) is 15.0. The molecule has 1 unspecified atom stereocenters. The fourth-order valence-corrected chi connectivity index (χ4v) is 2.22. The zero-order valence-electron chi connectivity index (χ0n) is 11.3. The number of esters is 1. The number of hydrogen-bond donors (Lipinski definition) is 2. The maximum Gasteiger partial charge on any atom is 0.328 e. The van der Waals surface area contributed by atoms with Crippen LogP contribution in [0.2, 0.25) is 0 Å². The number of benzene rings is 1. The van der Waals surface area contributed by atoms with Crippen LogP contribution in [-0.4, -0.2) is 37.2 Å². The molecular formula is C13H17BrN2O3S. The van der Waals surface area contributed by atoms with Crippen molar-refractivity contribution in [2.45, 2.75) is 12.5 Å². The van der Waals surface area contributed by atoms with E-state index in [1.165, 1.54) is 7.11 Å². The van der Waals surface area contributed by atoms with Crippen LogP contribution < -0.4 is 10.6 Å². The summed E-state index contributed by atoms with van der Waals surface area (Å²) in [6.07, 6.45) is 2.47. The van der Waals surface area contributed by atoms with Crippen LogP contribution in [0.1, 0.15) is 6.42 Å². The monoisotopic (exact) mass is 360 g/mol. The predicted octanol–water partition coefficient (Wildman–Crippen LogP) is 2.87. The second-order valence-corrected chi connectivity index (χ2v) is 5.86. The number of methoxy groups -OCH3 is 1. The minimum Gasteiger partial charge on any atom is -0.467 e. The average Bonchev–Trinajstić information content (AvgIpc) is 2.45. The molecule has 0 aliphatic carbocycles. The Kier molecular flexibility index (Phi) is 7.46. The van der Waals surface area contributed by atoms with Gasteiger partial charge in [0.05, 0.1) is 7.11 Å². The molecule has 0 heterocycles. The van der Waals surface area contributed by atoms with Crippen LogP contribution in [0.25, 0.3) is 0 Å². The molecule has 20 heavy (non-hydrogen) atoms. The minimum absolute atomic E-state index is 0.427. The van der Waals surface area contributed by atoms with E-state index in [1.54, 1.807) is 23.9 Å². The van der Waals surface area contributed by atoms with E-state index in [0.29, 0.717) is 12.1 Å². The van der Waals surface area contributed by atoms with Gasteiger partial charge in [-0.15, -0.1) is 0 Å². The van der Waals surface area contributed by atoms with Gasteiger partial charge in [-0.2, -0.15) is 11.8 Å². The van der Waals surface area contributed by atoms with E-state index in [1.807, 2.05) is 18.4 Å². The lowest BCUT2D eigenvalue weighted by Gasteiger charge is -2.16. The Morgan fingerprint density at radius 1 is 1.35 bits per heavy atom. The number of ether oxygens (including phenoxy) is 1. The summed E-state index contributed by atoms with van der Waals surface area (Å²) in [5, 5.41) is 5.29. The van der Waals surface area contributed by atoms with Crippen molar-refractivity contribution in [2.24, 2.45) is 0 Å². The van der Waals surface area contributed by atoms with E-state index < -0.39 is 18.0 Å². The van der Waals surface area contributed by atoms with E-state index in [9.17, 15) is 9.59 Å². The van der Waals surface area contributed by atoms with Crippen LogP contribution in [0, 0.1) is 0 Å². The van der Waals surface area contributed by atoms with Crippen molar-refractivity contribution in [3.05, 3.63) is 28.7 Å². The summed E-state index contributed by atoms with van der Waals surface area (Å²) in [5.41, 5.74) is 0.652. The van der Waals surface area contributed by atoms with Crippen LogP contribution in [0.3, 0.4) is 0 Å². The summed E-state index contributed by atoms with van der Waals surface area (Å²) in [6, 6.07) is 6.10. The number of halogens is 1. The Labute approximate surface area is 131 Å². The molecule has 1 atom stereocenters. The standard InChI is InChI=1S/C13H17BrN2O3S/c1-19-12(17)11(7-8-20-2)16-13(18)15-10-5-3-9(14)4-6-10/h3-6,11H,7-8H2,1-2H3,(H2,15,16,18). The third-order valence-corrected chi connectivity index (χ3v) is 3.68. The number of carbonyl (C=O) groups excluding carboxylic acids is 2. The van der Waals surface area contributed by atoms with E-state index >= 15 is 0 Å². The van der Waals surface area contributed by atoms with E-state index in [2.05, 4.69) is 31.3 Å². The highest BCUT2D eigenvalue weighted by atomic mass is 79.9. The van der Waals surface area contributed by atoms with Gasteiger partial charge in [0.15, 0.2) is 0 Å². The van der Waals surface area contributed by atoms with Gasteiger partial charge in [0.1, 0.15) is 6.04 Å². The third kappa shape index (κ3) is 5.83. The van der Waals surface area contributed by atoms with Gasteiger partial charge in [-0.3, -0.25) is 0 Å². The molecule has 1 rings (SSSR count). The number of hydrogen-bond acceptors (Lipinski definition) is 4. The fraction of sp³-hybridized carbons (Fsp3) is 0.385. The van der Waals surface area contributed by atoms with Gasteiger partial charge in [0, 0.05) is 10.2 Å². The number of anilines is 1. The number of rotatable bonds is 6. The minimum atomic E-state index is -0.636. The molecular weight excluding hydrogens is 344 g/mol. The number of thioether (sulfide) groups is 1. The number of urea groups is 1. The summed E-state index contributed by atoms with van der Waals surface area (Å²) >= 11 is 4.92. The highest BCUT2D eigenvalue weighted by Gasteiger charge is 2.20. The Hall–Kier alpha value is -1.21. The fourth-order valence-electron chi connectivity index (χ4n) is 1.49. The zero-order valence-corrected chi connectivity index (χ0v) is 13.7. The van der Waals surface area contributed by atoms with Crippen LogP contribution >= 0.6 is 27.7 Å². The molecule has 0 fully saturated rings. The second kappa shape index (κ2) is 8.86. The van der Waals surface area contributed by atoms with Gasteiger partial charge in [-0.05, 0) is 42.7 Å². The van der Waals surface area contributed by atoms with Crippen molar-refractivity contribution < 1.29 is 14.3 Å². The van der Waals surface area contributed by atoms with Crippen molar-refractivity contribution in [3.63, 3.8) is 0 Å². The first-order chi connectivity index (χ1) is 9.56. The van der Waals surface area contributed by atoms with Crippen molar-refractivity contribution in [2.75, 3.05) is 24.4 Å². The Bertz CT molecular complexity index is 453. The van der Waals surface area contributed by atoms with Crippen molar-refractivity contribution in [3.8, 4) is 0 Å². The molecule has 5 nitrogen and oxygen atoms in total. The molecule has 0 aromatic heterocycles. The molecule has 2 amide bonds. The number of amides is 2. The third-order valence-electron chi connectivity index (χ3n) is 2.50. The van der Waals surface area contributed by atoms with Gasteiger partial charge < -0.3 is 15.4 Å². The van der Waals surface area contributed by atoms with Gasteiger partial charge >= 0.3 is 12.0 Å². The smallest absolute Gasteiger partial charge is 0.328 e. The van der Waals surface area contributed by atoms with E-state index in [0.717, 1.165) is 10.2 Å². The summed E-state index contributed by atoms with van der Waals surface area (Å²) in [7, 11) is 1.31. The first kappa shape index (κ1) is 16.8. The molecule has 0 saturated heterocycles. The van der Waals surface area contributed by atoms with Crippen LogP contribution in [0.15, 0.2) is 28.7 Å². The maximum atomic E-state index is 11.8. The molecule has 110 valence electrons. The Morgan fingerprint density at radius 3 is 2.55 bits per heavy atom. The molecule has 0 spiro atoms. The summed E-state index contributed by atoms with van der Waals surface area (Å²) in [4.78, 5) is 23.4.